The zero-order chi connectivity index (χ0) is 19.9. The van der Waals surface area contributed by atoms with Gasteiger partial charge in [-0.15, -0.1) is 24.0 Å². The Labute approximate surface area is 186 Å². The molecule has 1 heterocycles. The molecule has 156 valence electrons. The van der Waals surface area contributed by atoms with Crippen molar-refractivity contribution < 1.29 is 13.6 Å². The molecule has 29 heavy (non-hydrogen) atoms. The number of amides is 1. The van der Waals surface area contributed by atoms with Gasteiger partial charge in [0.2, 0.25) is 5.91 Å². The molecule has 1 fully saturated rings. The monoisotopic (exact) mass is 515 g/mol. The lowest BCUT2D eigenvalue weighted by molar-refractivity contribution is -0.115. The predicted molar refractivity (Wildman–Crippen MR) is 122 cm³/mol. The van der Waals surface area contributed by atoms with Crippen LogP contribution >= 0.6 is 24.0 Å². The number of rotatable bonds is 4. The van der Waals surface area contributed by atoms with E-state index in [0.29, 0.717) is 43.5 Å². The van der Waals surface area contributed by atoms with E-state index in [1.807, 2.05) is 15.9 Å². The smallest absolute Gasteiger partial charge is 0.243 e. The third kappa shape index (κ3) is 6.28. The molecule has 3 rings (SSSR count). The average Bonchev–Trinajstić information content (AvgIpc) is 2.71. The van der Waals surface area contributed by atoms with Crippen LogP contribution in [0.15, 0.2) is 53.5 Å². The van der Waals surface area contributed by atoms with Gasteiger partial charge in [0, 0.05) is 38.9 Å². The van der Waals surface area contributed by atoms with E-state index in [9.17, 15) is 13.6 Å². The van der Waals surface area contributed by atoms with Crippen LogP contribution in [0.3, 0.4) is 0 Å². The molecule has 0 spiro atoms. The summed E-state index contributed by atoms with van der Waals surface area (Å²) in [5.74, 6) is -0.220. The van der Waals surface area contributed by atoms with Gasteiger partial charge in [-0.05, 0) is 36.4 Å². The molecule has 0 aliphatic carbocycles. The fourth-order valence-corrected chi connectivity index (χ4v) is 3.10. The predicted octanol–water partition coefficient (Wildman–Crippen LogP) is 2.92. The standard InChI is InChI=1S/C20H23F2N5O.HI/c1-23-20(24-14-19(28)25-16-8-6-15(21)7-9-16)27-12-10-26(11-13-27)18-5-3-2-4-17(18)22;/h2-9H,10-14H2,1H3,(H,23,24)(H,25,28);1H. The van der Waals surface area contributed by atoms with Crippen molar-refractivity contribution in [2.45, 2.75) is 0 Å². The number of guanidine groups is 1. The first-order chi connectivity index (χ1) is 13.6. The maximum Gasteiger partial charge on any atom is 0.243 e. The van der Waals surface area contributed by atoms with E-state index < -0.39 is 0 Å². The molecule has 1 amide bonds. The number of carbonyl (C=O) groups excluding carboxylic acids is 1. The quantitative estimate of drug-likeness (QED) is 0.374. The van der Waals surface area contributed by atoms with Crippen molar-refractivity contribution >= 4 is 47.2 Å². The van der Waals surface area contributed by atoms with Crippen molar-refractivity contribution in [1.29, 1.82) is 0 Å². The molecule has 2 aromatic carbocycles. The lowest BCUT2D eigenvalue weighted by Gasteiger charge is -2.37. The lowest BCUT2D eigenvalue weighted by Crippen LogP contribution is -2.53. The Morgan fingerprint density at radius 2 is 1.69 bits per heavy atom. The zero-order valence-corrected chi connectivity index (χ0v) is 18.4. The topological polar surface area (TPSA) is 60.0 Å². The van der Waals surface area contributed by atoms with Gasteiger partial charge in [0.1, 0.15) is 11.6 Å². The second-order valence-electron chi connectivity index (χ2n) is 6.38. The molecule has 0 unspecified atom stereocenters. The minimum atomic E-state index is -0.356. The number of anilines is 2. The normalized spacial score (nSPS) is 14.2. The van der Waals surface area contributed by atoms with E-state index in [1.165, 1.54) is 30.3 Å². The SMILES string of the molecule is CN=C(NCC(=O)Nc1ccc(F)cc1)N1CCN(c2ccccc2F)CC1.I. The van der Waals surface area contributed by atoms with E-state index in [0.717, 1.165) is 0 Å². The highest BCUT2D eigenvalue weighted by molar-refractivity contribution is 14.0. The van der Waals surface area contributed by atoms with E-state index in [4.69, 9.17) is 0 Å². The van der Waals surface area contributed by atoms with Crippen LogP contribution in [0.25, 0.3) is 0 Å². The Kier molecular flexibility index (Phi) is 8.62. The first kappa shape index (κ1) is 22.9. The summed E-state index contributed by atoms with van der Waals surface area (Å²) in [7, 11) is 1.66. The van der Waals surface area contributed by atoms with E-state index >= 15 is 0 Å². The van der Waals surface area contributed by atoms with Gasteiger partial charge in [0.05, 0.1) is 12.2 Å². The van der Waals surface area contributed by atoms with Crippen LogP contribution in [-0.4, -0.2) is 56.5 Å². The van der Waals surface area contributed by atoms with Crippen LogP contribution in [0.5, 0.6) is 0 Å². The van der Waals surface area contributed by atoms with Crippen molar-refractivity contribution in [2.24, 2.45) is 4.99 Å². The minimum Gasteiger partial charge on any atom is -0.366 e. The molecule has 2 N–H and O–H groups in total. The molecule has 1 aliphatic rings. The molecule has 1 saturated heterocycles. The number of nitrogens with one attached hydrogen (secondary N) is 2. The average molecular weight is 515 g/mol. The summed E-state index contributed by atoms with van der Waals surface area (Å²) in [4.78, 5) is 20.3. The first-order valence-electron chi connectivity index (χ1n) is 9.07. The second-order valence-corrected chi connectivity index (χ2v) is 6.38. The fourth-order valence-electron chi connectivity index (χ4n) is 3.10. The number of carbonyl (C=O) groups is 1. The van der Waals surface area contributed by atoms with Gasteiger partial charge in [-0.1, -0.05) is 12.1 Å². The summed E-state index contributed by atoms with van der Waals surface area (Å²) in [5.41, 5.74) is 1.13. The summed E-state index contributed by atoms with van der Waals surface area (Å²) < 4.78 is 26.9. The molecule has 0 atom stereocenters. The number of hydrogen-bond acceptors (Lipinski definition) is 3. The van der Waals surface area contributed by atoms with Crippen LogP contribution in [0.1, 0.15) is 0 Å². The highest BCUT2D eigenvalue weighted by atomic mass is 127. The van der Waals surface area contributed by atoms with E-state index in [-0.39, 0.29) is 48.1 Å². The molecular formula is C20H24F2IN5O. The summed E-state index contributed by atoms with van der Waals surface area (Å²) in [5, 5.41) is 5.73. The Hall–Kier alpha value is -2.43. The third-order valence-corrected chi connectivity index (χ3v) is 4.52. The molecule has 0 bridgehead atoms. The number of piperazine rings is 1. The number of nitrogens with zero attached hydrogens (tertiary/aromatic N) is 3. The summed E-state index contributed by atoms with van der Waals surface area (Å²) in [6, 6.07) is 12.3. The number of aliphatic imine (C=N–C) groups is 1. The van der Waals surface area contributed by atoms with Crippen molar-refractivity contribution in [3.63, 3.8) is 0 Å². The maximum absolute atomic E-state index is 14.0. The first-order valence-corrected chi connectivity index (χ1v) is 9.07. The molecule has 9 heteroatoms. The molecule has 0 saturated carbocycles. The van der Waals surface area contributed by atoms with Gasteiger partial charge in [-0.25, -0.2) is 8.78 Å². The van der Waals surface area contributed by atoms with Gasteiger partial charge in [0.25, 0.3) is 0 Å². The third-order valence-electron chi connectivity index (χ3n) is 4.52. The molecule has 0 radical (unpaired) electrons. The van der Waals surface area contributed by atoms with Crippen LogP contribution < -0.4 is 15.5 Å². The number of benzene rings is 2. The lowest BCUT2D eigenvalue weighted by atomic mass is 10.2. The van der Waals surface area contributed by atoms with Gasteiger partial charge in [-0.3, -0.25) is 9.79 Å². The highest BCUT2D eigenvalue weighted by Crippen LogP contribution is 2.20. The van der Waals surface area contributed by atoms with Crippen molar-refractivity contribution in [1.82, 2.24) is 10.2 Å². The summed E-state index contributed by atoms with van der Waals surface area (Å²) in [6.45, 7) is 2.67. The minimum absolute atomic E-state index is 0. The second kappa shape index (κ2) is 10.9. The van der Waals surface area contributed by atoms with Gasteiger partial charge >= 0.3 is 0 Å². The van der Waals surface area contributed by atoms with Gasteiger partial charge in [-0.2, -0.15) is 0 Å². The van der Waals surface area contributed by atoms with Crippen molar-refractivity contribution in [3.05, 3.63) is 60.2 Å². The molecule has 0 aromatic heterocycles. The Balaban J connectivity index is 0.00000300. The largest absolute Gasteiger partial charge is 0.366 e. The van der Waals surface area contributed by atoms with Crippen molar-refractivity contribution in [2.75, 3.05) is 50.0 Å². The molecule has 2 aromatic rings. The maximum atomic E-state index is 14.0. The number of para-hydroxylation sites is 1. The van der Waals surface area contributed by atoms with Crippen LogP contribution in [0, 0.1) is 11.6 Å². The Morgan fingerprint density at radius 1 is 1.03 bits per heavy atom. The number of halogens is 3. The number of hydrogen-bond donors (Lipinski definition) is 2. The Bertz CT molecular complexity index is 839. The molecular weight excluding hydrogens is 491 g/mol. The van der Waals surface area contributed by atoms with Crippen LogP contribution in [0.4, 0.5) is 20.2 Å². The van der Waals surface area contributed by atoms with Crippen LogP contribution in [0.2, 0.25) is 0 Å². The van der Waals surface area contributed by atoms with Crippen molar-refractivity contribution in [3.8, 4) is 0 Å². The fraction of sp³-hybridized carbons (Fsp3) is 0.300. The summed E-state index contributed by atoms with van der Waals surface area (Å²) in [6.07, 6.45) is 0. The van der Waals surface area contributed by atoms with E-state index in [1.54, 1.807) is 19.2 Å². The summed E-state index contributed by atoms with van der Waals surface area (Å²) >= 11 is 0. The van der Waals surface area contributed by atoms with Gasteiger partial charge < -0.3 is 20.4 Å². The molecule has 1 aliphatic heterocycles. The molecule has 6 nitrogen and oxygen atoms in total. The Morgan fingerprint density at radius 3 is 2.31 bits per heavy atom. The highest BCUT2D eigenvalue weighted by Gasteiger charge is 2.21. The zero-order valence-electron chi connectivity index (χ0n) is 16.1. The van der Waals surface area contributed by atoms with Crippen LogP contribution in [-0.2, 0) is 4.79 Å². The van der Waals surface area contributed by atoms with Gasteiger partial charge in [0.15, 0.2) is 5.96 Å². The van der Waals surface area contributed by atoms with E-state index in [2.05, 4.69) is 15.6 Å².